The summed E-state index contributed by atoms with van der Waals surface area (Å²) in [6.45, 7) is 3.08. The van der Waals surface area contributed by atoms with Crippen molar-refractivity contribution in [2.24, 2.45) is 0 Å². The van der Waals surface area contributed by atoms with Gasteiger partial charge in [0.2, 0.25) is 0 Å². The van der Waals surface area contributed by atoms with Gasteiger partial charge in [0.15, 0.2) is 0 Å². The van der Waals surface area contributed by atoms with Crippen molar-refractivity contribution >= 4 is 17.4 Å². The van der Waals surface area contributed by atoms with Crippen molar-refractivity contribution in [2.45, 2.75) is 6.04 Å². The number of anilines is 2. The van der Waals surface area contributed by atoms with Crippen LogP contribution in [0.3, 0.4) is 0 Å². The zero-order chi connectivity index (χ0) is 21.6. The van der Waals surface area contributed by atoms with Crippen LogP contribution in [-0.4, -0.2) is 56.1 Å². The molecular formula is C26H30N4O. The lowest BCUT2D eigenvalue weighted by atomic mass is 9.96. The van der Waals surface area contributed by atoms with E-state index in [1.807, 2.05) is 48.2 Å². The molecule has 1 fully saturated rings. The quantitative estimate of drug-likeness (QED) is 0.658. The molecule has 0 spiro atoms. The van der Waals surface area contributed by atoms with Crippen LogP contribution in [0.4, 0.5) is 16.2 Å². The van der Waals surface area contributed by atoms with Crippen LogP contribution < -0.4 is 10.2 Å². The Kier molecular flexibility index (Phi) is 6.53. The fraction of sp³-hybridized carbons (Fsp3) is 0.269. The fourth-order valence-electron chi connectivity index (χ4n) is 4.11. The van der Waals surface area contributed by atoms with Crippen molar-refractivity contribution in [3.63, 3.8) is 0 Å². The van der Waals surface area contributed by atoms with Gasteiger partial charge in [-0.05, 0) is 35.4 Å². The average molecular weight is 415 g/mol. The van der Waals surface area contributed by atoms with E-state index in [0.29, 0.717) is 13.1 Å². The lowest BCUT2D eigenvalue weighted by Gasteiger charge is -2.39. The Hall–Kier alpha value is -3.31. The fourth-order valence-corrected chi connectivity index (χ4v) is 4.11. The molecule has 4 rings (SSSR count). The van der Waals surface area contributed by atoms with Gasteiger partial charge in [0.25, 0.3) is 0 Å². The van der Waals surface area contributed by atoms with Crippen LogP contribution >= 0.6 is 0 Å². The maximum Gasteiger partial charge on any atom is 0.321 e. The van der Waals surface area contributed by atoms with Crippen LogP contribution in [0, 0.1) is 0 Å². The lowest BCUT2D eigenvalue weighted by molar-refractivity contribution is 0.126. The highest BCUT2D eigenvalue weighted by Gasteiger charge is 2.28. The topological polar surface area (TPSA) is 38.8 Å². The SMILES string of the molecule is CN(C)c1ccc(NC(=O)N2CCN(C(c3ccccc3)c3ccccc3)CC2)cc1. The van der Waals surface area contributed by atoms with E-state index < -0.39 is 0 Å². The van der Waals surface area contributed by atoms with Gasteiger partial charge >= 0.3 is 6.03 Å². The summed E-state index contributed by atoms with van der Waals surface area (Å²) in [5.74, 6) is 0. The number of benzene rings is 3. The molecular weight excluding hydrogens is 384 g/mol. The lowest BCUT2D eigenvalue weighted by Crippen LogP contribution is -2.51. The van der Waals surface area contributed by atoms with Gasteiger partial charge in [0.1, 0.15) is 0 Å². The Bertz CT molecular complexity index is 926. The normalized spacial score (nSPS) is 14.5. The molecule has 2 amide bonds. The molecule has 0 bridgehead atoms. The van der Waals surface area contributed by atoms with Crippen molar-refractivity contribution in [1.29, 1.82) is 0 Å². The second-order valence-corrected chi connectivity index (χ2v) is 8.12. The van der Waals surface area contributed by atoms with E-state index in [1.54, 1.807) is 0 Å². The molecule has 1 aliphatic heterocycles. The Labute approximate surface area is 184 Å². The van der Waals surface area contributed by atoms with Gasteiger partial charge in [-0.25, -0.2) is 4.79 Å². The summed E-state index contributed by atoms with van der Waals surface area (Å²) in [6, 6.07) is 29.3. The van der Waals surface area contributed by atoms with Crippen molar-refractivity contribution in [3.8, 4) is 0 Å². The summed E-state index contributed by atoms with van der Waals surface area (Å²) in [7, 11) is 4.01. The summed E-state index contributed by atoms with van der Waals surface area (Å²) in [6.07, 6.45) is 0. The molecule has 0 unspecified atom stereocenters. The standard InChI is InChI=1S/C26H30N4O/c1-28(2)24-15-13-23(14-16-24)27-26(31)30-19-17-29(18-20-30)25(21-9-5-3-6-10-21)22-11-7-4-8-12-22/h3-16,25H,17-20H2,1-2H3,(H,27,31). The van der Waals surface area contributed by atoms with Gasteiger partial charge in [0.05, 0.1) is 6.04 Å². The maximum atomic E-state index is 12.8. The van der Waals surface area contributed by atoms with Gasteiger partial charge in [0, 0.05) is 51.6 Å². The summed E-state index contributed by atoms with van der Waals surface area (Å²) >= 11 is 0. The van der Waals surface area contributed by atoms with E-state index in [9.17, 15) is 4.79 Å². The number of nitrogens with zero attached hydrogens (tertiary/aromatic N) is 3. The minimum atomic E-state index is -0.0341. The summed E-state index contributed by atoms with van der Waals surface area (Å²) in [5, 5.41) is 3.04. The molecule has 1 heterocycles. The third kappa shape index (κ3) is 5.06. The second kappa shape index (κ2) is 9.67. The number of amides is 2. The Morgan fingerprint density at radius 2 is 1.29 bits per heavy atom. The molecule has 31 heavy (non-hydrogen) atoms. The minimum absolute atomic E-state index is 0.0341. The molecule has 0 aliphatic carbocycles. The molecule has 3 aromatic rings. The highest BCUT2D eigenvalue weighted by molar-refractivity contribution is 5.89. The highest BCUT2D eigenvalue weighted by atomic mass is 16.2. The van der Waals surface area contributed by atoms with Crippen molar-refractivity contribution in [2.75, 3.05) is 50.5 Å². The van der Waals surface area contributed by atoms with E-state index in [4.69, 9.17) is 0 Å². The van der Waals surface area contributed by atoms with Gasteiger partial charge in [-0.2, -0.15) is 0 Å². The monoisotopic (exact) mass is 414 g/mol. The van der Waals surface area contributed by atoms with E-state index in [-0.39, 0.29) is 12.1 Å². The Morgan fingerprint density at radius 1 is 0.774 bits per heavy atom. The van der Waals surface area contributed by atoms with Crippen LogP contribution in [0.15, 0.2) is 84.9 Å². The first kappa shape index (κ1) is 20.9. The molecule has 0 aromatic heterocycles. The first-order valence-electron chi connectivity index (χ1n) is 10.8. The zero-order valence-electron chi connectivity index (χ0n) is 18.2. The van der Waals surface area contributed by atoms with Crippen molar-refractivity contribution in [3.05, 3.63) is 96.1 Å². The Balaban J connectivity index is 1.41. The molecule has 1 saturated heterocycles. The van der Waals surface area contributed by atoms with E-state index in [2.05, 4.69) is 70.9 Å². The molecule has 5 nitrogen and oxygen atoms in total. The molecule has 160 valence electrons. The van der Waals surface area contributed by atoms with E-state index in [1.165, 1.54) is 11.1 Å². The van der Waals surface area contributed by atoms with Crippen LogP contribution in [0.1, 0.15) is 17.2 Å². The van der Waals surface area contributed by atoms with Crippen LogP contribution in [0.5, 0.6) is 0 Å². The molecule has 3 aromatic carbocycles. The van der Waals surface area contributed by atoms with Crippen LogP contribution in [0.2, 0.25) is 0 Å². The first-order chi connectivity index (χ1) is 15.1. The molecule has 0 atom stereocenters. The Morgan fingerprint density at radius 3 is 1.77 bits per heavy atom. The average Bonchev–Trinajstić information content (AvgIpc) is 2.81. The van der Waals surface area contributed by atoms with Crippen LogP contribution in [0.25, 0.3) is 0 Å². The van der Waals surface area contributed by atoms with Gasteiger partial charge < -0.3 is 15.1 Å². The zero-order valence-corrected chi connectivity index (χ0v) is 18.2. The third-order valence-electron chi connectivity index (χ3n) is 5.83. The maximum absolute atomic E-state index is 12.8. The number of hydrogen-bond acceptors (Lipinski definition) is 3. The largest absolute Gasteiger partial charge is 0.378 e. The molecule has 0 radical (unpaired) electrons. The minimum Gasteiger partial charge on any atom is -0.378 e. The molecule has 1 aliphatic rings. The number of hydrogen-bond donors (Lipinski definition) is 1. The third-order valence-corrected chi connectivity index (χ3v) is 5.83. The summed E-state index contributed by atoms with van der Waals surface area (Å²) < 4.78 is 0. The number of carbonyl (C=O) groups excluding carboxylic acids is 1. The van der Waals surface area contributed by atoms with Crippen molar-refractivity contribution in [1.82, 2.24) is 9.80 Å². The molecule has 0 saturated carbocycles. The number of piperazine rings is 1. The van der Waals surface area contributed by atoms with E-state index >= 15 is 0 Å². The summed E-state index contributed by atoms with van der Waals surface area (Å²) in [4.78, 5) is 19.2. The van der Waals surface area contributed by atoms with Gasteiger partial charge in [-0.1, -0.05) is 60.7 Å². The summed E-state index contributed by atoms with van der Waals surface area (Å²) in [5.41, 5.74) is 4.50. The molecule has 5 heteroatoms. The van der Waals surface area contributed by atoms with E-state index in [0.717, 1.165) is 24.5 Å². The highest BCUT2D eigenvalue weighted by Crippen LogP contribution is 2.29. The number of nitrogens with one attached hydrogen (secondary N) is 1. The first-order valence-corrected chi connectivity index (χ1v) is 10.8. The second-order valence-electron chi connectivity index (χ2n) is 8.12. The molecule has 1 N–H and O–H groups in total. The number of rotatable bonds is 5. The smallest absolute Gasteiger partial charge is 0.321 e. The van der Waals surface area contributed by atoms with Gasteiger partial charge in [-0.3, -0.25) is 4.90 Å². The predicted molar refractivity (Wildman–Crippen MR) is 128 cm³/mol. The number of carbonyl (C=O) groups is 1. The number of urea groups is 1. The van der Waals surface area contributed by atoms with Gasteiger partial charge in [-0.15, -0.1) is 0 Å². The van der Waals surface area contributed by atoms with Crippen LogP contribution in [-0.2, 0) is 0 Å². The van der Waals surface area contributed by atoms with Crippen molar-refractivity contribution < 1.29 is 4.79 Å². The predicted octanol–water partition coefficient (Wildman–Crippen LogP) is 4.69.